The van der Waals surface area contributed by atoms with Gasteiger partial charge in [-0.15, -0.1) is 0 Å². The van der Waals surface area contributed by atoms with Gasteiger partial charge in [-0.2, -0.15) is 4.31 Å². The van der Waals surface area contributed by atoms with E-state index in [9.17, 15) is 13.2 Å². The molecule has 3 aromatic carbocycles. The van der Waals surface area contributed by atoms with E-state index in [1.165, 1.54) is 9.87 Å². The molecule has 0 aliphatic carbocycles. The van der Waals surface area contributed by atoms with Gasteiger partial charge in [0.1, 0.15) is 0 Å². The van der Waals surface area contributed by atoms with E-state index in [0.717, 1.165) is 18.4 Å². The number of rotatable bonds is 10. The Morgan fingerprint density at radius 3 is 2.17 bits per heavy atom. The molecule has 0 aromatic heterocycles. The van der Waals surface area contributed by atoms with E-state index in [2.05, 4.69) is 5.32 Å². The van der Waals surface area contributed by atoms with Crippen LogP contribution in [0.5, 0.6) is 0 Å². The molecular weight excluding hydrogens is 515 g/mol. The predicted octanol–water partition coefficient (Wildman–Crippen LogP) is 6.25. The minimum absolute atomic E-state index is 0.0161. The molecule has 0 aliphatic heterocycles. The average molecular weight is 548 g/mol. The first-order valence-corrected chi connectivity index (χ1v) is 14.0. The van der Waals surface area contributed by atoms with Gasteiger partial charge in [-0.05, 0) is 74.9 Å². The van der Waals surface area contributed by atoms with E-state index < -0.39 is 10.0 Å². The van der Waals surface area contributed by atoms with E-state index >= 15 is 0 Å². The van der Waals surface area contributed by atoms with Crippen LogP contribution in [-0.4, -0.2) is 31.2 Å². The molecule has 192 valence electrons. The van der Waals surface area contributed by atoms with Crippen molar-refractivity contribution in [1.82, 2.24) is 9.62 Å². The molecule has 36 heavy (non-hydrogen) atoms. The lowest BCUT2D eigenvalue weighted by molar-refractivity contribution is -0.122. The summed E-state index contributed by atoms with van der Waals surface area (Å²) >= 11 is 12.2. The summed E-state index contributed by atoms with van der Waals surface area (Å²) < 4.78 is 28.9. The molecule has 1 amide bonds. The molecular formula is C28H32Cl2N2O3S. The topological polar surface area (TPSA) is 66.5 Å². The number of benzene rings is 3. The van der Waals surface area contributed by atoms with Crippen molar-refractivity contribution in [3.8, 4) is 0 Å². The standard InChI is InChI=1S/C28H32Cl2N2O3S/c1-19-14-20(2)28(21(3)15-19)36(34,35)32(17-24-12-13-25(29)26(30)16-24)18-27(33)31-22(4)10-11-23-8-6-5-7-9-23/h5-9,12-16,22H,10-11,17-18H2,1-4H3,(H,31,33)/t22-/m0/s1. The van der Waals surface area contributed by atoms with E-state index in [4.69, 9.17) is 23.2 Å². The first-order valence-electron chi connectivity index (χ1n) is 11.8. The lowest BCUT2D eigenvalue weighted by Gasteiger charge is -2.25. The molecule has 3 aromatic rings. The Hall–Kier alpha value is -2.38. The first-order chi connectivity index (χ1) is 17.0. The SMILES string of the molecule is Cc1cc(C)c(S(=O)(=O)N(CC(=O)N[C@@H](C)CCc2ccccc2)Cc2ccc(Cl)c(Cl)c2)c(C)c1. The highest BCUT2D eigenvalue weighted by Crippen LogP contribution is 2.28. The second-order valence-electron chi connectivity index (χ2n) is 9.24. The van der Waals surface area contributed by atoms with Gasteiger partial charge in [0.2, 0.25) is 15.9 Å². The minimum Gasteiger partial charge on any atom is -0.352 e. The molecule has 0 heterocycles. The monoisotopic (exact) mass is 546 g/mol. The van der Waals surface area contributed by atoms with E-state index in [-0.39, 0.29) is 29.9 Å². The Kier molecular flexibility index (Phi) is 9.59. The number of aryl methyl sites for hydroxylation is 4. The van der Waals surface area contributed by atoms with Gasteiger partial charge in [-0.3, -0.25) is 4.79 Å². The number of sulfonamides is 1. The highest BCUT2D eigenvalue weighted by molar-refractivity contribution is 7.89. The molecule has 0 fully saturated rings. The van der Waals surface area contributed by atoms with Crippen molar-refractivity contribution in [3.63, 3.8) is 0 Å². The van der Waals surface area contributed by atoms with Crippen LogP contribution >= 0.6 is 23.2 Å². The molecule has 1 N–H and O–H groups in total. The second kappa shape index (κ2) is 12.2. The van der Waals surface area contributed by atoms with Crippen LogP contribution in [0.2, 0.25) is 10.0 Å². The maximum absolute atomic E-state index is 13.9. The quantitative estimate of drug-likeness (QED) is 0.327. The van der Waals surface area contributed by atoms with Crippen molar-refractivity contribution < 1.29 is 13.2 Å². The number of nitrogens with one attached hydrogen (secondary N) is 1. The summed E-state index contributed by atoms with van der Waals surface area (Å²) in [4.78, 5) is 13.2. The van der Waals surface area contributed by atoms with Gasteiger partial charge in [0.25, 0.3) is 0 Å². The highest BCUT2D eigenvalue weighted by Gasteiger charge is 2.30. The van der Waals surface area contributed by atoms with Gasteiger partial charge < -0.3 is 5.32 Å². The normalized spacial score (nSPS) is 12.5. The summed E-state index contributed by atoms with van der Waals surface area (Å²) in [5.74, 6) is -0.360. The third-order valence-corrected chi connectivity index (χ3v) is 8.82. The first kappa shape index (κ1) is 28.2. The molecule has 5 nitrogen and oxygen atoms in total. The van der Waals surface area contributed by atoms with Gasteiger partial charge >= 0.3 is 0 Å². The molecule has 3 rings (SSSR count). The molecule has 0 radical (unpaired) electrons. The molecule has 0 spiro atoms. The van der Waals surface area contributed by atoms with Crippen molar-refractivity contribution >= 4 is 39.1 Å². The summed E-state index contributed by atoms with van der Waals surface area (Å²) in [5, 5.41) is 3.66. The van der Waals surface area contributed by atoms with Crippen LogP contribution < -0.4 is 5.32 Å². The van der Waals surface area contributed by atoms with Crippen molar-refractivity contribution in [2.45, 2.75) is 58.0 Å². The predicted molar refractivity (Wildman–Crippen MR) is 147 cm³/mol. The summed E-state index contributed by atoms with van der Waals surface area (Å²) in [6, 6.07) is 18.6. The molecule has 0 unspecified atom stereocenters. The van der Waals surface area contributed by atoms with Crippen molar-refractivity contribution in [2.75, 3.05) is 6.54 Å². The number of carbonyl (C=O) groups is 1. The Morgan fingerprint density at radius 1 is 0.917 bits per heavy atom. The van der Waals surface area contributed by atoms with Crippen LogP contribution in [0.1, 0.15) is 41.2 Å². The van der Waals surface area contributed by atoms with Crippen LogP contribution in [-0.2, 0) is 27.8 Å². The fourth-order valence-electron chi connectivity index (χ4n) is 4.35. The van der Waals surface area contributed by atoms with Gasteiger partial charge in [-0.1, -0.05) is 77.3 Å². The van der Waals surface area contributed by atoms with Crippen LogP contribution in [0.25, 0.3) is 0 Å². The average Bonchev–Trinajstić information content (AvgIpc) is 2.79. The van der Waals surface area contributed by atoms with E-state index in [1.54, 1.807) is 32.0 Å². The maximum atomic E-state index is 13.9. The highest BCUT2D eigenvalue weighted by atomic mass is 35.5. The third-order valence-electron chi connectivity index (χ3n) is 5.98. The van der Waals surface area contributed by atoms with Crippen molar-refractivity contribution in [1.29, 1.82) is 0 Å². The largest absolute Gasteiger partial charge is 0.352 e. The number of carbonyl (C=O) groups excluding carboxylic acids is 1. The van der Waals surface area contributed by atoms with Crippen LogP contribution in [0.15, 0.2) is 65.6 Å². The Bertz CT molecular complexity index is 1300. The van der Waals surface area contributed by atoms with Crippen LogP contribution in [0, 0.1) is 20.8 Å². The number of nitrogens with zero attached hydrogens (tertiary/aromatic N) is 1. The molecule has 0 aliphatic rings. The lowest BCUT2D eigenvalue weighted by Crippen LogP contribution is -2.43. The van der Waals surface area contributed by atoms with Crippen molar-refractivity contribution in [2.24, 2.45) is 0 Å². The lowest BCUT2D eigenvalue weighted by atomic mass is 10.1. The molecule has 1 atom stereocenters. The fraction of sp³-hybridized carbons (Fsp3) is 0.321. The number of amides is 1. The zero-order valence-corrected chi connectivity index (χ0v) is 23.3. The molecule has 0 saturated heterocycles. The number of halogens is 2. The minimum atomic E-state index is -3.99. The summed E-state index contributed by atoms with van der Waals surface area (Å²) in [6.07, 6.45) is 1.56. The van der Waals surface area contributed by atoms with Crippen LogP contribution in [0.4, 0.5) is 0 Å². The summed E-state index contributed by atoms with van der Waals surface area (Å²) in [6.45, 7) is 7.07. The zero-order valence-electron chi connectivity index (χ0n) is 21.0. The molecule has 0 bridgehead atoms. The van der Waals surface area contributed by atoms with Crippen molar-refractivity contribution in [3.05, 3.63) is 98.5 Å². The molecule has 8 heteroatoms. The fourth-order valence-corrected chi connectivity index (χ4v) is 6.47. The van der Waals surface area contributed by atoms with Crippen LogP contribution in [0.3, 0.4) is 0 Å². The molecule has 0 saturated carbocycles. The summed E-state index contributed by atoms with van der Waals surface area (Å²) in [7, 11) is -3.99. The Labute approximate surface area is 224 Å². The Balaban J connectivity index is 1.83. The van der Waals surface area contributed by atoms with Gasteiger partial charge in [0, 0.05) is 12.6 Å². The second-order valence-corrected chi connectivity index (χ2v) is 11.9. The van der Waals surface area contributed by atoms with E-state index in [0.29, 0.717) is 26.7 Å². The van der Waals surface area contributed by atoms with E-state index in [1.807, 2.05) is 56.3 Å². The van der Waals surface area contributed by atoms with Gasteiger partial charge in [0.05, 0.1) is 21.5 Å². The zero-order chi connectivity index (χ0) is 26.5. The van der Waals surface area contributed by atoms with Gasteiger partial charge in [-0.25, -0.2) is 8.42 Å². The van der Waals surface area contributed by atoms with Gasteiger partial charge in [0.15, 0.2) is 0 Å². The third kappa shape index (κ3) is 7.32. The summed E-state index contributed by atoms with van der Waals surface area (Å²) in [5.41, 5.74) is 4.09. The number of hydrogen-bond donors (Lipinski definition) is 1. The number of hydrogen-bond acceptors (Lipinski definition) is 3. The smallest absolute Gasteiger partial charge is 0.244 e. The maximum Gasteiger partial charge on any atom is 0.244 e. The Morgan fingerprint density at radius 2 is 1.56 bits per heavy atom.